The number of nitrogen functional groups attached to an aromatic ring is 1. The normalized spacial score (nSPS) is 15.3. The van der Waals surface area contributed by atoms with Gasteiger partial charge in [0.05, 0.1) is 11.0 Å². The Balaban J connectivity index is 1.97. The molecule has 1 aromatic rings. The Hall–Kier alpha value is -2.74. The van der Waals surface area contributed by atoms with Crippen molar-refractivity contribution in [1.82, 2.24) is 24.1 Å². The van der Waals surface area contributed by atoms with Crippen LogP contribution in [0.1, 0.15) is 24.0 Å². The molecule has 0 amide bonds. The number of benzene rings is 1. The first-order valence-electron chi connectivity index (χ1n) is 8.87. The molecule has 0 unspecified atom stereocenters. The van der Waals surface area contributed by atoms with Crippen molar-refractivity contribution >= 4 is 11.0 Å². The van der Waals surface area contributed by atoms with Gasteiger partial charge in [-0.25, -0.2) is 9.78 Å². The van der Waals surface area contributed by atoms with Crippen LogP contribution < -0.4 is 17.1 Å². The number of hydrogen-bond donors (Lipinski definition) is 1. The van der Waals surface area contributed by atoms with E-state index in [4.69, 9.17) is 5.84 Å². The standard InChI is InChI=1S/C18H22N6O2/c1-11-9-13-14(10-12(11)2)23(8-7-22-5-3-4-6-22)16-15(20-13)17(25)24(19)18(26)21-16/h9-10H,3-8,19H2,1-2H3. The molecule has 0 aliphatic carbocycles. The SMILES string of the molecule is Cc1cc2nc3c(=O)n(N)c(=O)nc-3n(CCN3CCCC3)c2cc1C. The van der Waals surface area contributed by atoms with Gasteiger partial charge in [-0.15, -0.1) is 0 Å². The van der Waals surface area contributed by atoms with E-state index >= 15 is 0 Å². The van der Waals surface area contributed by atoms with Crippen molar-refractivity contribution in [3.8, 4) is 11.5 Å². The molecule has 3 aliphatic heterocycles. The smallest absolute Gasteiger partial charge is 0.332 e. The molecule has 0 saturated carbocycles. The van der Waals surface area contributed by atoms with Crippen LogP contribution in [0.4, 0.5) is 0 Å². The van der Waals surface area contributed by atoms with Gasteiger partial charge in [0.2, 0.25) is 0 Å². The molecule has 0 spiro atoms. The summed E-state index contributed by atoms with van der Waals surface area (Å²) in [4.78, 5) is 35.4. The summed E-state index contributed by atoms with van der Waals surface area (Å²) < 4.78 is 2.46. The van der Waals surface area contributed by atoms with Gasteiger partial charge in [-0.05, 0) is 63.0 Å². The van der Waals surface area contributed by atoms with Gasteiger partial charge in [0.15, 0.2) is 11.5 Å². The van der Waals surface area contributed by atoms with Gasteiger partial charge < -0.3 is 15.3 Å². The molecule has 8 nitrogen and oxygen atoms in total. The molecule has 2 N–H and O–H groups in total. The van der Waals surface area contributed by atoms with Gasteiger partial charge in [0.1, 0.15) is 0 Å². The molecule has 26 heavy (non-hydrogen) atoms. The van der Waals surface area contributed by atoms with Crippen LogP contribution in [-0.4, -0.2) is 43.7 Å². The molecule has 4 rings (SSSR count). The van der Waals surface area contributed by atoms with Crippen molar-refractivity contribution in [2.75, 3.05) is 25.5 Å². The highest BCUT2D eigenvalue weighted by atomic mass is 16.2. The first-order valence-corrected chi connectivity index (χ1v) is 8.87. The quantitative estimate of drug-likeness (QED) is 0.543. The Kier molecular flexibility index (Phi) is 3.99. The molecule has 1 saturated heterocycles. The number of likely N-dealkylation sites (tertiary alicyclic amines) is 1. The van der Waals surface area contributed by atoms with Gasteiger partial charge in [-0.2, -0.15) is 9.66 Å². The van der Waals surface area contributed by atoms with Crippen LogP contribution in [0.5, 0.6) is 0 Å². The van der Waals surface area contributed by atoms with Gasteiger partial charge in [-0.3, -0.25) is 4.79 Å². The van der Waals surface area contributed by atoms with Gasteiger partial charge in [0.25, 0.3) is 0 Å². The monoisotopic (exact) mass is 354 g/mol. The van der Waals surface area contributed by atoms with Crippen LogP contribution in [0.2, 0.25) is 0 Å². The fraction of sp³-hybridized carbons (Fsp3) is 0.444. The lowest BCUT2D eigenvalue weighted by molar-refractivity contribution is 0.324. The van der Waals surface area contributed by atoms with Gasteiger partial charge in [-0.1, -0.05) is 0 Å². The van der Waals surface area contributed by atoms with E-state index in [2.05, 4.69) is 14.9 Å². The molecular weight excluding hydrogens is 332 g/mol. The highest BCUT2D eigenvalue weighted by Gasteiger charge is 2.22. The van der Waals surface area contributed by atoms with Crippen molar-refractivity contribution in [3.05, 3.63) is 44.1 Å². The Morgan fingerprint density at radius 3 is 2.46 bits per heavy atom. The minimum Gasteiger partial charge on any atom is -0.332 e. The van der Waals surface area contributed by atoms with Crippen molar-refractivity contribution in [2.45, 2.75) is 33.2 Å². The molecular formula is C18H22N6O2. The Labute approximate surface area is 150 Å². The van der Waals surface area contributed by atoms with Crippen molar-refractivity contribution in [1.29, 1.82) is 0 Å². The third kappa shape index (κ3) is 2.66. The number of fused-ring (bicyclic) bond motifs is 2. The van der Waals surface area contributed by atoms with Crippen LogP contribution in [0.3, 0.4) is 0 Å². The maximum atomic E-state index is 12.5. The van der Waals surface area contributed by atoms with E-state index in [1.165, 1.54) is 12.8 Å². The Morgan fingerprint density at radius 2 is 1.73 bits per heavy atom. The number of aryl methyl sites for hydroxylation is 2. The third-order valence-corrected chi connectivity index (χ3v) is 5.25. The summed E-state index contributed by atoms with van der Waals surface area (Å²) in [5.74, 6) is 5.84. The maximum Gasteiger partial charge on any atom is 0.371 e. The fourth-order valence-electron chi connectivity index (χ4n) is 3.58. The van der Waals surface area contributed by atoms with E-state index < -0.39 is 11.2 Å². The average molecular weight is 354 g/mol. The van der Waals surface area contributed by atoms with Crippen molar-refractivity contribution in [2.24, 2.45) is 0 Å². The van der Waals surface area contributed by atoms with E-state index in [9.17, 15) is 9.59 Å². The zero-order chi connectivity index (χ0) is 18.4. The summed E-state index contributed by atoms with van der Waals surface area (Å²) >= 11 is 0. The lowest BCUT2D eigenvalue weighted by atomic mass is 10.1. The summed E-state index contributed by atoms with van der Waals surface area (Å²) in [6, 6.07) is 4.00. The second-order valence-electron chi connectivity index (χ2n) is 6.98. The molecule has 3 heterocycles. The number of nitrogens with zero attached hydrogens (tertiary/aromatic N) is 5. The second-order valence-corrected chi connectivity index (χ2v) is 6.98. The average Bonchev–Trinajstić information content (AvgIpc) is 3.13. The largest absolute Gasteiger partial charge is 0.371 e. The van der Waals surface area contributed by atoms with Crippen LogP contribution in [0.15, 0.2) is 21.7 Å². The first kappa shape index (κ1) is 16.7. The summed E-state index contributed by atoms with van der Waals surface area (Å²) in [6.45, 7) is 7.68. The number of nitrogens with two attached hydrogens (primary N) is 1. The molecule has 8 heteroatoms. The van der Waals surface area contributed by atoms with Crippen LogP contribution in [0, 0.1) is 13.8 Å². The number of aromatic nitrogens is 4. The van der Waals surface area contributed by atoms with E-state index in [1.54, 1.807) is 0 Å². The van der Waals surface area contributed by atoms with E-state index in [1.807, 2.05) is 30.5 Å². The van der Waals surface area contributed by atoms with Crippen molar-refractivity contribution < 1.29 is 0 Å². The van der Waals surface area contributed by atoms with Crippen molar-refractivity contribution in [3.63, 3.8) is 0 Å². The predicted octanol–water partition coefficient (Wildman–Crippen LogP) is 0.484. The minimum absolute atomic E-state index is 0.129. The second kappa shape index (κ2) is 6.21. The van der Waals surface area contributed by atoms with Crippen LogP contribution >= 0.6 is 0 Å². The molecule has 1 fully saturated rings. The Morgan fingerprint density at radius 1 is 1.04 bits per heavy atom. The Bertz CT molecular complexity index is 1080. The lowest BCUT2D eigenvalue weighted by Gasteiger charge is -2.21. The number of rotatable bonds is 3. The highest BCUT2D eigenvalue weighted by Crippen LogP contribution is 2.24. The summed E-state index contributed by atoms with van der Waals surface area (Å²) in [5.41, 5.74) is 2.56. The zero-order valence-electron chi connectivity index (χ0n) is 15.0. The van der Waals surface area contributed by atoms with Crippen LogP contribution in [-0.2, 0) is 6.54 Å². The molecule has 136 valence electrons. The third-order valence-electron chi connectivity index (χ3n) is 5.25. The van der Waals surface area contributed by atoms with E-state index in [0.29, 0.717) is 22.6 Å². The van der Waals surface area contributed by atoms with E-state index in [-0.39, 0.29) is 5.69 Å². The molecule has 0 radical (unpaired) electrons. The molecule has 0 aromatic heterocycles. The fourth-order valence-corrected chi connectivity index (χ4v) is 3.58. The molecule has 3 aliphatic rings. The summed E-state index contributed by atoms with van der Waals surface area (Å²) in [7, 11) is 0. The maximum absolute atomic E-state index is 12.5. The van der Waals surface area contributed by atoms with Gasteiger partial charge >= 0.3 is 11.2 Å². The lowest BCUT2D eigenvalue weighted by Crippen LogP contribution is -2.43. The van der Waals surface area contributed by atoms with Crippen LogP contribution in [0.25, 0.3) is 22.6 Å². The van der Waals surface area contributed by atoms with E-state index in [0.717, 1.165) is 36.3 Å². The summed E-state index contributed by atoms with van der Waals surface area (Å²) in [5, 5.41) is 0. The topological polar surface area (TPSA) is 99.0 Å². The predicted molar refractivity (Wildman–Crippen MR) is 100.0 cm³/mol. The minimum atomic E-state index is -0.762. The van der Waals surface area contributed by atoms with Gasteiger partial charge in [0, 0.05) is 13.1 Å². The number of hydrogen-bond acceptors (Lipinski definition) is 6. The molecule has 1 aromatic carbocycles. The zero-order valence-corrected chi connectivity index (χ0v) is 15.0. The first-order chi connectivity index (χ1) is 12.5. The highest BCUT2D eigenvalue weighted by molar-refractivity contribution is 5.81. The molecule has 0 bridgehead atoms. The summed E-state index contributed by atoms with van der Waals surface area (Å²) in [6.07, 6.45) is 2.42. The molecule has 0 atom stereocenters.